The molecular weight excluding hydrogens is 146 g/mol. The fraction of sp³-hybridized carbons (Fsp3) is 0.455. The lowest BCUT2D eigenvalue weighted by atomic mass is 10.0. The molecule has 1 saturated carbocycles. The van der Waals surface area contributed by atoms with Crippen molar-refractivity contribution in [2.45, 2.75) is 6.42 Å². The van der Waals surface area contributed by atoms with E-state index in [0.717, 1.165) is 11.8 Å². The standard InChI is InChI=1S/C11H15N/c1-4-8-5-9-6-10(9)7-11(8)12(2)3/h4-5,7,9-10H,1,6H2,2-3H3. The summed E-state index contributed by atoms with van der Waals surface area (Å²) in [6.07, 6.45) is 8.03. The lowest BCUT2D eigenvalue weighted by Crippen LogP contribution is -2.14. The quantitative estimate of drug-likeness (QED) is 0.600. The van der Waals surface area contributed by atoms with Crippen LogP contribution in [0.15, 0.2) is 36.1 Å². The van der Waals surface area contributed by atoms with Crippen LogP contribution in [0, 0.1) is 11.8 Å². The van der Waals surface area contributed by atoms with Crippen LogP contribution in [0.4, 0.5) is 0 Å². The van der Waals surface area contributed by atoms with Crippen LogP contribution in [0.5, 0.6) is 0 Å². The molecule has 2 aliphatic rings. The van der Waals surface area contributed by atoms with Gasteiger partial charge in [-0.2, -0.15) is 0 Å². The molecule has 0 amide bonds. The lowest BCUT2D eigenvalue weighted by Gasteiger charge is -2.20. The molecule has 0 radical (unpaired) electrons. The first-order valence-electron chi connectivity index (χ1n) is 4.46. The summed E-state index contributed by atoms with van der Waals surface area (Å²) in [5.41, 5.74) is 2.64. The average Bonchev–Trinajstić information content (AvgIpc) is 2.79. The Bertz CT molecular complexity index is 271. The largest absolute Gasteiger partial charge is 0.377 e. The van der Waals surface area contributed by atoms with E-state index in [9.17, 15) is 0 Å². The van der Waals surface area contributed by atoms with Crippen LogP contribution in [0.25, 0.3) is 0 Å². The second-order valence-corrected chi connectivity index (χ2v) is 3.84. The highest BCUT2D eigenvalue weighted by Crippen LogP contribution is 2.46. The highest BCUT2D eigenvalue weighted by atomic mass is 15.1. The van der Waals surface area contributed by atoms with E-state index >= 15 is 0 Å². The van der Waals surface area contributed by atoms with Gasteiger partial charge < -0.3 is 4.90 Å². The number of hydrogen-bond acceptors (Lipinski definition) is 1. The van der Waals surface area contributed by atoms with Crippen molar-refractivity contribution in [2.24, 2.45) is 11.8 Å². The molecule has 0 saturated heterocycles. The molecule has 1 fully saturated rings. The minimum atomic E-state index is 0.821. The molecule has 2 rings (SSSR count). The number of likely N-dealkylation sites (N-methyl/N-ethyl adjacent to an activating group) is 1. The molecule has 0 heterocycles. The van der Waals surface area contributed by atoms with Crippen LogP contribution in [-0.2, 0) is 0 Å². The molecule has 12 heavy (non-hydrogen) atoms. The monoisotopic (exact) mass is 161 g/mol. The van der Waals surface area contributed by atoms with Gasteiger partial charge in [0.25, 0.3) is 0 Å². The molecule has 0 N–H and O–H groups in total. The van der Waals surface area contributed by atoms with Gasteiger partial charge >= 0.3 is 0 Å². The molecule has 0 spiro atoms. The van der Waals surface area contributed by atoms with Crippen molar-refractivity contribution in [1.29, 1.82) is 0 Å². The first kappa shape index (κ1) is 7.66. The Hall–Kier alpha value is -0.980. The summed E-state index contributed by atoms with van der Waals surface area (Å²) in [5, 5.41) is 0. The van der Waals surface area contributed by atoms with Crippen LogP contribution >= 0.6 is 0 Å². The van der Waals surface area contributed by atoms with Gasteiger partial charge in [0.2, 0.25) is 0 Å². The third kappa shape index (κ3) is 1.09. The molecule has 2 atom stereocenters. The second kappa shape index (κ2) is 2.51. The number of allylic oxidation sites excluding steroid dienone is 3. The fourth-order valence-corrected chi connectivity index (χ4v) is 1.81. The zero-order chi connectivity index (χ0) is 8.72. The van der Waals surface area contributed by atoms with Gasteiger partial charge in [0.05, 0.1) is 0 Å². The highest BCUT2D eigenvalue weighted by Gasteiger charge is 2.37. The Morgan fingerprint density at radius 2 is 2.08 bits per heavy atom. The maximum Gasteiger partial charge on any atom is 0.0393 e. The van der Waals surface area contributed by atoms with Crippen molar-refractivity contribution >= 4 is 0 Å². The van der Waals surface area contributed by atoms with E-state index < -0.39 is 0 Å². The van der Waals surface area contributed by atoms with E-state index in [-0.39, 0.29) is 0 Å². The summed E-state index contributed by atoms with van der Waals surface area (Å²) in [6, 6.07) is 0. The first-order valence-corrected chi connectivity index (χ1v) is 4.46. The molecule has 1 heteroatoms. The zero-order valence-corrected chi connectivity index (χ0v) is 7.75. The summed E-state index contributed by atoms with van der Waals surface area (Å²) in [6.45, 7) is 3.83. The molecule has 0 aromatic rings. The Morgan fingerprint density at radius 1 is 1.42 bits per heavy atom. The molecule has 1 nitrogen and oxygen atoms in total. The summed E-state index contributed by atoms with van der Waals surface area (Å²) >= 11 is 0. The fourth-order valence-electron chi connectivity index (χ4n) is 1.81. The minimum absolute atomic E-state index is 0.821. The van der Waals surface area contributed by atoms with E-state index in [1.165, 1.54) is 17.7 Å². The van der Waals surface area contributed by atoms with E-state index in [1.54, 1.807) is 0 Å². The predicted molar refractivity (Wildman–Crippen MR) is 51.6 cm³/mol. The number of rotatable bonds is 2. The van der Waals surface area contributed by atoms with Gasteiger partial charge in [0.15, 0.2) is 0 Å². The Labute approximate surface area is 74.1 Å². The summed E-state index contributed by atoms with van der Waals surface area (Å²) in [4.78, 5) is 2.17. The van der Waals surface area contributed by atoms with Gasteiger partial charge in [0.1, 0.15) is 0 Å². The minimum Gasteiger partial charge on any atom is -0.377 e. The van der Waals surface area contributed by atoms with Crippen LogP contribution in [-0.4, -0.2) is 19.0 Å². The van der Waals surface area contributed by atoms with E-state index in [1.807, 2.05) is 6.08 Å². The van der Waals surface area contributed by atoms with Crippen molar-refractivity contribution in [3.05, 3.63) is 36.1 Å². The molecule has 0 aliphatic heterocycles. The van der Waals surface area contributed by atoms with Crippen LogP contribution in [0.2, 0.25) is 0 Å². The van der Waals surface area contributed by atoms with Gasteiger partial charge in [-0.15, -0.1) is 0 Å². The van der Waals surface area contributed by atoms with E-state index in [2.05, 4.69) is 37.7 Å². The molecular formula is C11H15N. The van der Waals surface area contributed by atoms with E-state index in [4.69, 9.17) is 0 Å². The molecule has 64 valence electrons. The van der Waals surface area contributed by atoms with Crippen LogP contribution in [0.3, 0.4) is 0 Å². The summed E-state index contributed by atoms with van der Waals surface area (Å²) in [7, 11) is 4.18. The molecule has 0 aromatic carbocycles. The van der Waals surface area contributed by atoms with Crippen molar-refractivity contribution in [1.82, 2.24) is 4.90 Å². The molecule has 0 aromatic heterocycles. The average molecular weight is 161 g/mol. The number of fused-ring (bicyclic) bond motifs is 1. The zero-order valence-electron chi connectivity index (χ0n) is 7.75. The molecule has 2 unspecified atom stereocenters. The van der Waals surface area contributed by atoms with Crippen molar-refractivity contribution < 1.29 is 0 Å². The normalized spacial score (nSPS) is 31.5. The third-order valence-corrected chi connectivity index (χ3v) is 2.65. The Balaban J connectivity index is 2.29. The van der Waals surface area contributed by atoms with Crippen molar-refractivity contribution in [2.75, 3.05) is 14.1 Å². The van der Waals surface area contributed by atoms with E-state index in [0.29, 0.717) is 0 Å². The number of hydrogen-bond donors (Lipinski definition) is 0. The van der Waals surface area contributed by atoms with Crippen LogP contribution in [0.1, 0.15) is 6.42 Å². The third-order valence-electron chi connectivity index (χ3n) is 2.65. The van der Waals surface area contributed by atoms with Gasteiger partial charge in [-0.3, -0.25) is 0 Å². The maximum atomic E-state index is 3.83. The lowest BCUT2D eigenvalue weighted by molar-refractivity contribution is 0.516. The highest BCUT2D eigenvalue weighted by molar-refractivity contribution is 5.44. The smallest absolute Gasteiger partial charge is 0.0393 e. The molecule has 0 bridgehead atoms. The van der Waals surface area contributed by atoms with Crippen molar-refractivity contribution in [3.8, 4) is 0 Å². The first-order chi connectivity index (χ1) is 5.72. The Morgan fingerprint density at radius 3 is 2.67 bits per heavy atom. The van der Waals surface area contributed by atoms with Gasteiger partial charge in [-0.05, 0) is 23.8 Å². The topological polar surface area (TPSA) is 3.24 Å². The van der Waals surface area contributed by atoms with Crippen molar-refractivity contribution in [3.63, 3.8) is 0 Å². The van der Waals surface area contributed by atoms with Gasteiger partial charge in [-0.1, -0.05) is 24.8 Å². The molecule has 2 aliphatic carbocycles. The number of nitrogens with zero attached hydrogens (tertiary/aromatic N) is 1. The summed E-state index contributed by atoms with van der Waals surface area (Å²) in [5.74, 6) is 1.65. The summed E-state index contributed by atoms with van der Waals surface area (Å²) < 4.78 is 0. The SMILES string of the molecule is C=CC1=CC2CC2C=C1N(C)C. The van der Waals surface area contributed by atoms with Crippen LogP contribution < -0.4 is 0 Å². The predicted octanol–water partition coefficient (Wildman–Crippen LogP) is 2.19. The van der Waals surface area contributed by atoms with Gasteiger partial charge in [0, 0.05) is 19.8 Å². The second-order valence-electron chi connectivity index (χ2n) is 3.84. The Kier molecular flexibility index (Phi) is 1.60. The van der Waals surface area contributed by atoms with Gasteiger partial charge in [-0.25, -0.2) is 0 Å². The maximum absolute atomic E-state index is 3.83.